The molecule has 19 nitrogen and oxygen atoms in total. The van der Waals surface area contributed by atoms with Crippen molar-refractivity contribution in [3.05, 3.63) is 172 Å². The lowest BCUT2D eigenvalue weighted by Gasteiger charge is -2.33. The van der Waals surface area contributed by atoms with E-state index in [2.05, 4.69) is 9.17 Å². The summed E-state index contributed by atoms with van der Waals surface area (Å²) in [6.45, 7) is 10.3. The number of H-pyrrole nitrogens is 2. The summed E-state index contributed by atoms with van der Waals surface area (Å²) in [4.78, 5) is 86.2. The lowest BCUT2D eigenvalue weighted by atomic mass is 9.89. The van der Waals surface area contributed by atoms with Gasteiger partial charge in [-0.2, -0.15) is 21.6 Å². The van der Waals surface area contributed by atoms with Crippen molar-refractivity contribution in [3.63, 3.8) is 0 Å². The van der Waals surface area contributed by atoms with Gasteiger partial charge in [-0.1, -0.05) is 100 Å². The Kier molecular flexibility index (Phi) is 15.9. The SMILES string of the molecule is CCC1(CC)O[C@@H](n2cc(C)c(=O)[nH]c2=O)[C@@H](ON2C(=O)c3ccccc3C2=O)C1OCc1ccccc1.CCC1(CC)O[C@@H](n2cc(C)c(=O)[nH]c2=O)[C@@H](OS(=O)(=O)C(F)(F)F)C1OCc1ccccc1. The van der Waals surface area contributed by atoms with Crippen molar-refractivity contribution in [2.45, 2.75) is 134 Å². The smallest absolute Gasteiger partial charge is 0.368 e. The van der Waals surface area contributed by atoms with E-state index in [1.54, 1.807) is 75.4 Å². The number of ether oxygens (including phenoxy) is 4. The van der Waals surface area contributed by atoms with Crippen molar-refractivity contribution in [3.8, 4) is 0 Å². The van der Waals surface area contributed by atoms with E-state index in [1.807, 2.05) is 49.2 Å². The Hall–Kier alpha value is -6.34. The number of carbonyl (C=O) groups is 2. The van der Waals surface area contributed by atoms with Gasteiger partial charge in [0.05, 0.1) is 35.5 Å². The lowest BCUT2D eigenvalue weighted by molar-refractivity contribution is -0.187. The summed E-state index contributed by atoms with van der Waals surface area (Å²) in [6.07, 6.45) is -3.86. The zero-order valence-electron chi connectivity index (χ0n) is 40.0. The minimum absolute atomic E-state index is 0.0629. The number of aryl methyl sites for hydroxylation is 2. The van der Waals surface area contributed by atoms with Crippen LogP contribution in [0.25, 0.3) is 0 Å². The van der Waals surface area contributed by atoms with Crippen LogP contribution in [0.4, 0.5) is 13.2 Å². The van der Waals surface area contributed by atoms with Gasteiger partial charge in [0, 0.05) is 23.5 Å². The first-order valence-electron chi connectivity index (χ1n) is 23.1. The van der Waals surface area contributed by atoms with E-state index >= 15 is 0 Å². The number of amides is 2. The third-order valence-electron chi connectivity index (χ3n) is 13.2. The molecule has 3 aromatic carbocycles. The molecule has 2 N–H and O–H groups in total. The third kappa shape index (κ3) is 10.4. The maximum absolute atomic E-state index is 13.2. The molecular formula is C49H54F3N5O14S. The molecule has 72 heavy (non-hydrogen) atoms. The van der Waals surface area contributed by atoms with Gasteiger partial charge in [0.15, 0.2) is 24.7 Å². The number of hydrogen-bond donors (Lipinski definition) is 2. The van der Waals surface area contributed by atoms with Crippen LogP contribution in [0, 0.1) is 13.8 Å². The monoisotopic (exact) mass is 1030 g/mol. The van der Waals surface area contributed by atoms with Crippen molar-refractivity contribution in [1.82, 2.24) is 24.2 Å². The number of benzene rings is 3. The predicted molar refractivity (Wildman–Crippen MR) is 251 cm³/mol. The maximum atomic E-state index is 13.2. The molecule has 0 aliphatic carbocycles. The highest BCUT2D eigenvalue weighted by Gasteiger charge is 2.61. The average molecular weight is 1030 g/mol. The molecule has 0 bridgehead atoms. The van der Waals surface area contributed by atoms with Gasteiger partial charge in [-0.25, -0.2) is 9.59 Å². The summed E-state index contributed by atoms with van der Waals surface area (Å²) in [5, 5.41) is 0.718. The van der Waals surface area contributed by atoms with Crippen LogP contribution in [0.5, 0.6) is 0 Å². The number of imide groups is 1. The Morgan fingerprint density at radius 2 is 0.972 bits per heavy atom. The molecule has 5 aromatic rings. The molecular weight excluding hydrogens is 972 g/mol. The second kappa shape index (κ2) is 21.4. The molecule has 5 heterocycles. The number of hydroxylamine groups is 2. The summed E-state index contributed by atoms with van der Waals surface area (Å²) in [7, 11) is -6.08. The average Bonchev–Trinajstić information content (AvgIpc) is 3.93. The molecule has 8 rings (SSSR count). The van der Waals surface area contributed by atoms with Crippen LogP contribution in [0.15, 0.2) is 117 Å². The Morgan fingerprint density at radius 3 is 1.36 bits per heavy atom. The Balaban J connectivity index is 0.000000213. The fraction of sp³-hybridized carbons (Fsp3) is 0.429. The molecule has 386 valence electrons. The highest BCUT2D eigenvalue weighted by Crippen LogP contribution is 2.47. The molecule has 3 aliphatic heterocycles. The molecule has 2 fully saturated rings. The summed E-state index contributed by atoms with van der Waals surface area (Å²) < 4.78 is 95.3. The maximum Gasteiger partial charge on any atom is 0.523 e. The molecule has 0 saturated carbocycles. The minimum atomic E-state index is -6.08. The summed E-state index contributed by atoms with van der Waals surface area (Å²) >= 11 is 0. The highest BCUT2D eigenvalue weighted by atomic mass is 32.2. The van der Waals surface area contributed by atoms with E-state index in [1.165, 1.54) is 17.7 Å². The summed E-state index contributed by atoms with van der Waals surface area (Å²) in [5.74, 6) is -1.22. The molecule has 3 aliphatic rings. The highest BCUT2D eigenvalue weighted by molar-refractivity contribution is 7.87. The fourth-order valence-corrected chi connectivity index (χ4v) is 9.67. The van der Waals surface area contributed by atoms with Gasteiger partial charge in [0.25, 0.3) is 22.9 Å². The van der Waals surface area contributed by atoms with Crippen LogP contribution < -0.4 is 22.5 Å². The molecule has 2 saturated heterocycles. The van der Waals surface area contributed by atoms with E-state index in [0.717, 1.165) is 21.4 Å². The van der Waals surface area contributed by atoms with Crippen LogP contribution >= 0.6 is 0 Å². The van der Waals surface area contributed by atoms with Gasteiger partial charge in [-0.05, 0) is 62.8 Å². The number of alkyl halides is 3. The molecule has 2 amide bonds. The number of aromatic amines is 2. The van der Waals surface area contributed by atoms with Crippen LogP contribution in [0.3, 0.4) is 0 Å². The van der Waals surface area contributed by atoms with Crippen LogP contribution in [-0.2, 0) is 51.3 Å². The number of aromatic nitrogens is 4. The standard InChI is InChI=1S/C28H29N3O7.C21H25F3N2O7S/c1-4-28(5-2)22(36-16-18-11-7-6-8-12-18)21(26(37-28)30-15-17(3)23(32)29-27(30)35)38-31-24(33)19-13-9-10-14-20(19)25(31)34;1-4-20(5-2)16(31-12-14-9-7-6-8-10-14)15(33-34(29,30)21(22,23)24)18(32-20)26-11-13(3)17(27)25-19(26)28/h6-15,21-22,26H,4-5,16H2,1-3H3,(H,29,32,35);6-11,15-16,18H,4-5,12H2,1-3H3,(H,25,27,28)/t21-,22?,26+;15-,16?,18+/m00/s1. The number of rotatable bonds is 16. The second-order valence-corrected chi connectivity index (χ2v) is 19.0. The summed E-state index contributed by atoms with van der Waals surface area (Å²) in [6, 6.07) is 24.7. The molecule has 2 aromatic heterocycles. The fourth-order valence-electron chi connectivity index (χ4n) is 9.07. The second-order valence-electron chi connectivity index (χ2n) is 17.4. The quantitative estimate of drug-likeness (QED) is 0.0669. The number of hydrogen-bond acceptors (Lipinski definition) is 14. The zero-order valence-corrected chi connectivity index (χ0v) is 40.9. The topological polar surface area (TPSA) is 237 Å². The predicted octanol–water partition coefficient (Wildman–Crippen LogP) is 5.87. The normalized spacial score (nSPS) is 22.4. The summed E-state index contributed by atoms with van der Waals surface area (Å²) in [5.41, 5.74) is -8.42. The zero-order chi connectivity index (χ0) is 52.3. The number of nitrogens with zero attached hydrogens (tertiary/aromatic N) is 3. The largest absolute Gasteiger partial charge is 0.523 e. The van der Waals surface area contributed by atoms with Crippen LogP contribution in [-0.4, -0.2) is 85.5 Å². The molecule has 2 unspecified atom stereocenters. The first-order chi connectivity index (χ1) is 34.1. The number of fused-ring (bicyclic) bond motifs is 1. The van der Waals surface area contributed by atoms with Crippen molar-refractivity contribution >= 4 is 21.9 Å². The number of carbonyl (C=O) groups excluding carboxylic acids is 2. The van der Waals surface area contributed by atoms with E-state index in [-0.39, 0.29) is 42.7 Å². The molecule has 0 spiro atoms. The van der Waals surface area contributed by atoms with Gasteiger partial charge in [-0.15, -0.1) is 5.06 Å². The number of nitrogens with one attached hydrogen (secondary N) is 2. The lowest BCUT2D eigenvalue weighted by Crippen LogP contribution is -2.48. The van der Waals surface area contributed by atoms with E-state index in [0.29, 0.717) is 24.0 Å². The first kappa shape index (κ1) is 53.5. The minimum Gasteiger partial charge on any atom is -0.368 e. The van der Waals surface area contributed by atoms with Gasteiger partial charge >= 0.3 is 27.0 Å². The Bertz CT molecular complexity index is 3080. The van der Waals surface area contributed by atoms with Crippen molar-refractivity contribution < 1.29 is 59.1 Å². The van der Waals surface area contributed by atoms with Crippen molar-refractivity contribution in [2.75, 3.05) is 0 Å². The molecule has 0 radical (unpaired) electrons. The van der Waals surface area contributed by atoms with Crippen LogP contribution in [0.2, 0.25) is 0 Å². The van der Waals surface area contributed by atoms with Gasteiger partial charge in [0.2, 0.25) is 0 Å². The number of halogens is 3. The van der Waals surface area contributed by atoms with E-state index < -0.39 is 98.0 Å². The van der Waals surface area contributed by atoms with E-state index in [4.69, 9.17) is 23.8 Å². The van der Waals surface area contributed by atoms with Crippen molar-refractivity contribution in [2.24, 2.45) is 0 Å². The molecule has 6 atom stereocenters. The van der Waals surface area contributed by atoms with Gasteiger partial charge < -0.3 is 18.9 Å². The van der Waals surface area contributed by atoms with Gasteiger partial charge in [-0.3, -0.25) is 47.3 Å². The van der Waals surface area contributed by atoms with Crippen molar-refractivity contribution in [1.29, 1.82) is 0 Å². The van der Waals surface area contributed by atoms with E-state index in [9.17, 15) is 50.4 Å². The Labute approximate surface area is 410 Å². The molecule has 23 heteroatoms. The third-order valence-corrected chi connectivity index (χ3v) is 14.2. The van der Waals surface area contributed by atoms with Gasteiger partial charge in [0.1, 0.15) is 12.2 Å². The van der Waals surface area contributed by atoms with Crippen LogP contribution in [0.1, 0.15) is 109 Å². The first-order valence-corrected chi connectivity index (χ1v) is 24.5. The Morgan fingerprint density at radius 1 is 0.597 bits per heavy atom.